The Kier molecular flexibility index (Phi) is 5.30. The van der Waals surface area contributed by atoms with Gasteiger partial charge in [0.2, 0.25) is 0 Å². The molecular weight excluding hydrogens is 396 g/mol. The minimum absolute atomic E-state index is 0.00965. The Balaban J connectivity index is 1.97. The normalized spacial score (nSPS) is 23.5. The Morgan fingerprint density at radius 3 is 2.06 bits per heavy atom. The first-order chi connectivity index (χ1) is 14.8. The molecule has 0 spiro atoms. The molecule has 0 saturated carbocycles. The van der Waals surface area contributed by atoms with Crippen molar-refractivity contribution in [1.29, 1.82) is 0 Å². The number of aromatic nitrogens is 2. The highest BCUT2D eigenvalue weighted by molar-refractivity contribution is 6.10. The molecule has 1 aliphatic carbocycles. The molecule has 0 amide bonds. The van der Waals surface area contributed by atoms with Crippen molar-refractivity contribution in [3.05, 3.63) is 46.7 Å². The summed E-state index contributed by atoms with van der Waals surface area (Å²) in [7, 11) is 4.08. The maximum absolute atomic E-state index is 14.1. The summed E-state index contributed by atoms with van der Waals surface area (Å²) in [4.78, 5) is 16.2. The lowest BCUT2D eigenvalue weighted by Crippen LogP contribution is -2.43. The molecule has 0 unspecified atom stereocenters. The molecule has 2 aliphatic rings. The third-order valence-corrected chi connectivity index (χ3v) is 7.31. The number of hydrogen-bond donors (Lipinski definition) is 2. The SMILES string of the molecule is Cc1[nH]nc2c1C1=C(C(=O)[C@@H](C(C)(C)C)C[C@@H]1C(C)(C)C)[C@H](c1ccc(N(C)C)cc1)N2. The number of H-pyrrole nitrogens is 1. The number of aromatic amines is 1. The number of aryl methyl sites for hydroxylation is 1. The second-order valence-electron chi connectivity index (χ2n) is 11.9. The molecule has 0 fully saturated rings. The molecule has 1 aromatic carbocycles. The number of fused-ring (bicyclic) bond motifs is 2. The molecule has 32 heavy (non-hydrogen) atoms. The van der Waals surface area contributed by atoms with Gasteiger partial charge in [0.1, 0.15) is 0 Å². The van der Waals surface area contributed by atoms with Gasteiger partial charge in [0.15, 0.2) is 11.6 Å². The van der Waals surface area contributed by atoms with Crippen molar-refractivity contribution in [3.8, 4) is 0 Å². The second-order valence-corrected chi connectivity index (χ2v) is 11.9. The minimum Gasteiger partial charge on any atom is -0.378 e. The Bertz CT molecular complexity index is 1060. The van der Waals surface area contributed by atoms with Gasteiger partial charge >= 0.3 is 0 Å². The first-order valence-corrected chi connectivity index (χ1v) is 11.7. The van der Waals surface area contributed by atoms with Crippen LogP contribution in [0.3, 0.4) is 0 Å². The summed E-state index contributed by atoms with van der Waals surface area (Å²) in [6.07, 6.45) is 0.876. The molecule has 5 nitrogen and oxygen atoms in total. The summed E-state index contributed by atoms with van der Waals surface area (Å²) >= 11 is 0. The number of nitrogens with zero attached hydrogens (tertiary/aromatic N) is 2. The quantitative estimate of drug-likeness (QED) is 0.608. The van der Waals surface area contributed by atoms with Gasteiger partial charge in [0.05, 0.1) is 6.04 Å². The van der Waals surface area contributed by atoms with E-state index < -0.39 is 0 Å². The average Bonchev–Trinajstić information content (AvgIpc) is 3.06. The van der Waals surface area contributed by atoms with E-state index in [0.717, 1.165) is 40.3 Å². The van der Waals surface area contributed by atoms with Crippen molar-refractivity contribution >= 4 is 22.9 Å². The number of rotatable bonds is 2. The maximum atomic E-state index is 14.1. The highest BCUT2D eigenvalue weighted by atomic mass is 16.1. The van der Waals surface area contributed by atoms with E-state index in [1.54, 1.807) is 0 Å². The predicted octanol–water partition coefficient (Wildman–Crippen LogP) is 6.00. The van der Waals surface area contributed by atoms with E-state index in [-0.39, 0.29) is 34.5 Å². The van der Waals surface area contributed by atoms with Gasteiger partial charge in [-0.2, -0.15) is 5.10 Å². The fourth-order valence-electron chi connectivity index (χ4n) is 5.40. The van der Waals surface area contributed by atoms with Crippen LogP contribution in [0.1, 0.15) is 70.8 Å². The highest BCUT2D eigenvalue weighted by Crippen LogP contribution is 2.56. The number of Topliss-reactive ketones (excluding diaryl/α,β-unsaturated/α-hetero) is 1. The third kappa shape index (κ3) is 3.66. The molecule has 1 aromatic heterocycles. The summed E-state index contributed by atoms with van der Waals surface area (Å²) in [5.41, 5.74) is 6.44. The topological polar surface area (TPSA) is 61.0 Å². The van der Waals surface area contributed by atoms with Crippen LogP contribution in [0.5, 0.6) is 0 Å². The summed E-state index contributed by atoms with van der Waals surface area (Å²) in [5, 5.41) is 11.4. The van der Waals surface area contributed by atoms with Crippen LogP contribution in [0.2, 0.25) is 0 Å². The Morgan fingerprint density at radius 2 is 1.53 bits per heavy atom. The Morgan fingerprint density at radius 1 is 0.938 bits per heavy atom. The molecule has 5 heteroatoms. The first-order valence-electron chi connectivity index (χ1n) is 11.7. The molecule has 1 aliphatic heterocycles. The Hall–Kier alpha value is -2.56. The average molecular weight is 435 g/mol. The van der Waals surface area contributed by atoms with Crippen LogP contribution in [-0.4, -0.2) is 30.1 Å². The van der Waals surface area contributed by atoms with E-state index >= 15 is 0 Å². The van der Waals surface area contributed by atoms with Gasteiger partial charge in [-0.1, -0.05) is 53.7 Å². The molecule has 2 heterocycles. The molecule has 3 atom stereocenters. The van der Waals surface area contributed by atoms with Crippen molar-refractivity contribution in [1.82, 2.24) is 10.2 Å². The van der Waals surface area contributed by atoms with E-state index in [1.807, 2.05) is 14.1 Å². The van der Waals surface area contributed by atoms with Crippen LogP contribution < -0.4 is 10.2 Å². The molecule has 0 radical (unpaired) electrons. The van der Waals surface area contributed by atoms with Gasteiger partial charge in [0, 0.05) is 42.5 Å². The van der Waals surface area contributed by atoms with Crippen LogP contribution in [-0.2, 0) is 4.79 Å². The van der Waals surface area contributed by atoms with Crippen molar-refractivity contribution < 1.29 is 4.79 Å². The van der Waals surface area contributed by atoms with Crippen molar-refractivity contribution in [3.63, 3.8) is 0 Å². The molecular formula is C27H38N4O. The largest absolute Gasteiger partial charge is 0.378 e. The smallest absolute Gasteiger partial charge is 0.165 e. The monoisotopic (exact) mass is 434 g/mol. The summed E-state index contributed by atoms with van der Waals surface area (Å²) < 4.78 is 0. The van der Waals surface area contributed by atoms with Crippen molar-refractivity contribution in [2.75, 3.05) is 24.3 Å². The predicted molar refractivity (Wildman–Crippen MR) is 133 cm³/mol. The summed E-state index contributed by atoms with van der Waals surface area (Å²) in [6, 6.07) is 8.33. The minimum atomic E-state index is -0.195. The lowest BCUT2D eigenvalue weighted by molar-refractivity contribution is -0.124. The van der Waals surface area contributed by atoms with Gasteiger partial charge in [0.25, 0.3) is 0 Å². The highest BCUT2D eigenvalue weighted by Gasteiger charge is 2.49. The van der Waals surface area contributed by atoms with Crippen LogP contribution in [0.4, 0.5) is 11.5 Å². The number of carbonyl (C=O) groups is 1. The van der Waals surface area contributed by atoms with Gasteiger partial charge in [-0.15, -0.1) is 0 Å². The number of ketones is 1. The lowest BCUT2D eigenvalue weighted by atomic mass is 9.58. The first kappa shape index (κ1) is 22.6. The standard InChI is InChI=1S/C27H38N4O/c1-15-20-21-18(26(2,3)4)14-19(27(5,6)7)24(32)22(21)23(28-25(20)30-29-15)16-10-12-17(13-11-16)31(8)9/h10-13,18-19,23H,14H2,1-9H3,(H2,28,29,30)/t18-,19-,23-/m0/s1. The zero-order chi connectivity index (χ0) is 23.6. The number of hydrogen-bond acceptors (Lipinski definition) is 4. The molecule has 0 saturated heterocycles. The van der Waals surface area contributed by atoms with E-state index in [2.05, 4.69) is 93.1 Å². The third-order valence-electron chi connectivity index (χ3n) is 7.31. The Labute approximate surface area is 192 Å². The van der Waals surface area contributed by atoms with Gasteiger partial charge in [-0.05, 0) is 53.4 Å². The zero-order valence-electron chi connectivity index (χ0n) is 21.1. The fourth-order valence-corrected chi connectivity index (χ4v) is 5.40. The number of carbonyl (C=O) groups excluding carboxylic acids is 1. The fraction of sp³-hybridized carbons (Fsp3) is 0.556. The van der Waals surface area contributed by atoms with Crippen LogP contribution >= 0.6 is 0 Å². The lowest BCUT2D eigenvalue weighted by Gasteiger charge is -2.47. The van der Waals surface area contributed by atoms with Gasteiger partial charge in [-0.3, -0.25) is 9.89 Å². The zero-order valence-corrected chi connectivity index (χ0v) is 21.1. The summed E-state index contributed by atoms with van der Waals surface area (Å²) in [6.45, 7) is 15.6. The van der Waals surface area contributed by atoms with Crippen molar-refractivity contribution in [2.45, 2.75) is 60.9 Å². The molecule has 2 aromatic rings. The molecule has 4 rings (SSSR count). The molecule has 2 N–H and O–H groups in total. The van der Waals surface area contributed by atoms with E-state index in [0.29, 0.717) is 0 Å². The van der Waals surface area contributed by atoms with Gasteiger partial charge in [-0.25, -0.2) is 0 Å². The molecule has 172 valence electrons. The number of anilines is 2. The second kappa shape index (κ2) is 7.50. The van der Waals surface area contributed by atoms with Crippen LogP contribution in [0, 0.1) is 29.6 Å². The van der Waals surface area contributed by atoms with Gasteiger partial charge < -0.3 is 10.2 Å². The van der Waals surface area contributed by atoms with Crippen molar-refractivity contribution in [2.24, 2.45) is 22.7 Å². The van der Waals surface area contributed by atoms with E-state index in [1.165, 1.54) is 5.57 Å². The van der Waals surface area contributed by atoms with E-state index in [4.69, 9.17) is 0 Å². The number of benzene rings is 1. The summed E-state index contributed by atoms with van der Waals surface area (Å²) in [5.74, 6) is 1.41. The number of allylic oxidation sites excluding steroid dienone is 1. The van der Waals surface area contributed by atoms with E-state index in [9.17, 15) is 4.79 Å². The van der Waals surface area contributed by atoms with Crippen LogP contribution in [0.15, 0.2) is 29.8 Å². The number of nitrogens with one attached hydrogen (secondary N) is 2. The molecule has 0 bridgehead atoms. The van der Waals surface area contributed by atoms with Crippen LogP contribution in [0.25, 0.3) is 5.57 Å². The maximum Gasteiger partial charge on any atom is 0.165 e.